The van der Waals surface area contributed by atoms with Gasteiger partial charge < -0.3 is 10.2 Å². The number of benzene rings is 1. The summed E-state index contributed by atoms with van der Waals surface area (Å²) in [5.41, 5.74) is 2.80. The van der Waals surface area contributed by atoms with Crippen LogP contribution in [-0.2, 0) is 6.42 Å². The van der Waals surface area contributed by atoms with E-state index < -0.39 is 0 Å². The van der Waals surface area contributed by atoms with Gasteiger partial charge in [0.25, 0.3) is 5.91 Å². The molecule has 0 radical (unpaired) electrons. The number of aryl methyl sites for hydroxylation is 1. The molecule has 1 fully saturated rings. The second-order valence-corrected chi connectivity index (χ2v) is 6.67. The first-order chi connectivity index (χ1) is 11.7. The van der Waals surface area contributed by atoms with Crippen LogP contribution < -0.4 is 5.32 Å². The molecular formula is C20H25N3O. The van der Waals surface area contributed by atoms with E-state index in [1.165, 1.54) is 37.9 Å². The molecule has 2 heterocycles. The predicted molar refractivity (Wildman–Crippen MR) is 97.2 cm³/mol. The van der Waals surface area contributed by atoms with Crippen LogP contribution in [0.15, 0.2) is 48.8 Å². The van der Waals surface area contributed by atoms with Gasteiger partial charge in [-0.3, -0.25) is 9.78 Å². The number of aromatic nitrogens is 1. The zero-order valence-electron chi connectivity index (χ0n) is 14.2. The monoisotopic (exact) mass is 323 g/mol. The number of pyridine rings is 1. The molecule has 1 aliphatic rings. The van der Waals surface area contributed by atoms with Crippen molar-refractivity contribution in [3.63, 3.8) is 0 Å². The lowest BCUT2D eigenvalue weighted by molar-refractivity contribution is 0.102. The quantitative estimate of drug-likeness (QED) is 0.914. The molecule has 1 aromatic carbocycles. The SMILES string of the molecule is CN1CCC(CCc2ccc(NC(=O)c3ccncc3)cc2)CC1. The topological polar surface area (TPSA) is 45.2 Å². The number of amides is 1. The van der Waals surface area contributed by atoms with Crippen molar-refractivity contribution in [1.82, 2.24) is 9.88 Å². The van der Waals surface area contributed by atoms with Gasteiger partial charge in [0.05, 0.1) is 0 Å². The van der Waals surface area contributed by atoms with Gasteiger partial charge in [0, 0.05) is 23.6 Å². The van der Waals surface area contributed by atoms with Gasteiger partial charge in [-0.1, -0.05) is 12.1 Å². The van der Waals surface area contributed by atoms with Crippen LogP contribution in [0.25, 0.3) is 0 Å². The molecule has 1 amide bonds. The molecule has 4 heteroatoms. The zero-order valence-corrected chi connectivity index (χ0v) is 14.2. The van der Waals surface area contributed by atoms with Crippen LogP contribution in [0.1, 0.15) is 35.2 Å². The molecular weight excluding hydrogens is 298 g/mol. The predicted octanol–water partition coefficient (Wildman–Crippen LogP) is 3.61. The first-order valence-electron chi connectivity index (χ1n) is 8.69. The highest BCUT2D eigenvalue weighted by Gasteiger charge is 2.16. The summed E-state index contributed by atoms with van der Waals surface area (Å²) < 4.78 is 0. The Morgan fingerprint density at radius 3 is 2.46 bits per heavy atom. The van der Waals surface area contributed by atoms with Crippen molar-refractivity contribution >= 4 is 11.6 Å². The van der Waals surface area contributed by atoms with Crippen molar-refractivity contribution in [1.29, 1.82) is 0 Å². The molecule has 0 bridgehead atoms. The van der Waals surface area contributed by atoms with E-state index in [2.05, 4.69) is 34.4 Å². The third kappa shape index (κ3) is 4.65. The standard InChI is InChI=1S/C20H25N3O/c1-23-14-10-17(11-15-23)3-2-16-4-6-19(7-5-16)22-20(24)18-8-12-21-13-9-18/h4-9,12-13,17H,2-3,10-11,14-15H2,1H3,(H,22,24). The Balaban J connectivity index is 1.49. The molecule has 2 aromatic rings. The Morgan fingerprint density at radius 2 is 1.79 bits per heavy atom. The lowest BCUT2D eigenvalue weighted by Gasteiger charge is -2.28. The Labute approximate surface area is 143 Å². The van der Waals surface area contributed by atoms with Gasteiger partial charge >= 0.3 is 0 Å². The number of hydrogen-bond donors (Lipinski definition) is 1. The fraction of sp³-hybridized carbons (Fsp3) is 0.400. The Bertz CT molecular complexity index is 646. The molecule has 0 atom stereocenters. The summed E-state index contributed by atoms with van der Waals surface area (Å²) in [6.07, 6.45) is 8.26. The third-order valence-electron chi connectivity index (χ3n) is 4.83. The number of carbonyl (C=O) groups excluding carboxylic acids is 1. The molecule has 0 unspecified atom stereocenters. The first-order valence-corrected chi connectivity index (χ1v) is 8.69. The van der Waals surface area contributed by atoms with Crippen LogP contribution in [0.3, 0.4) is 0 Å². The molecule has 3 rings (SSSR count). The highest BCUT2D eigenvalue weighted by molar-refractivity contribution is 6.04. The smallest absolute Gasteiger partial charge is 0.255 e. The van der Waals surface area contributed by atoms with Gasteiger partial charge in [0.15, 0.2) is 0 Å². The average molecular weight is 323 g/mol. The summed E-state index contributed by atoms with van der Waals surface area (Å²) in [5.74, 6) is 0.753. The number of nitrogens with zero attached hydrogens (tertiary/aromatic N) is 2. The molecule has 0 aliphatic carbocycles. The Hall–Kier alpha value is -2.20. The van der Waals surface area contributed by atoms with Gasteiger partial charge in [-0.2, -0.15) is 0 Å². The van der Waals surface area contributed by atoms with Crippen LogP contribution in [0.2, 0.25) is 0 Å². The molecule has 0 spiro atoms. The summed E-state index contributed by atoms with van der Waals surface area (Å²) in [4.78, 5) is 18.5. The van der Waals surface area contributed by atoms with Crippen LogP contribution in [0.5, 0.6) is 0 Å². The van der Waals surface area contributed by atoms with E-state index in [0.29, 0.717) is 5.56 Å². The van der Waals surface area contributed by atoms with Gasteiger partial charge in [-0.05, 0) is 81.6 Å². The molecule has 126 valence electrons. The van der Waals surface area contributed by atoms with Crippen molar-refractivity contribution in [2.75, 3.05) is 25.5 Å². The maximum Gasteiger partial charge on any atom is 0.255 e. The van der Waals surface area contributed by atoms with E-state index in [0.717, 1.165) is 18.0 Å². The summed E-state index contributed by atoms with van der Waals surface area (Å²) in [6.45, 7) is 2.45. The maximum atomic E-state index is 12.1. The first kappa shape index (κ1) is 16.7. The third-order valence-corrected chi connectivity index (χ3v) is 4.83. The minimum absolute atomic E-state index is 0.100. The van der Waals surface area contributed by atoms with E-state index in [1.54, 1.807) is 24.5 Å². The summed E-state index contributed by atoms with van der Waals surface area (Å²) in [7, 11) is 2.20. The van der Waals surface area contributed by atoms with E-state index in [9.17, 15) is 4.79 Å². The van der Waals surface area contributed by atoms with Crippen molar-refractivity contribution in [3.8, 4) is 0 Å². The van der Waals surface area contributed by atoms with E-state index >= 15 is 0 Å². The maximum absolute atomic E-state index is 12.1. The molecule has 1 aromatic heterocycles. The largest absolute Gasteiger partial charge is 0.322 e. The Kier molecular flexibility index (Phi) is 5.59. The second kappa shape index (κ2) is 8.06. The lowest BCUT2D eigenvalue weighted by atomic mass is 9.91. The van der Waals surface area contributed by atoms with E-state index in [4.69, 9.17) is 0 Å². The summed E-state index contributed by atoms with van der Waals surface area (Å²) in [5, 5.41) is 2.92. The number of hydrogen-bond acceptors (Lipinski definition) is 3. The number of piperidine rings is 1. The fourth-order valence-corrected chi connectivity index (χ4v) is 3.18. The van der Waals surface area contributed by atoms with Crippen molar-refractivity contribution in [3.05, 3.63) is 59.9 Å². The van der Waals surface area contributed by atoms with E-state index in [1.807, 2.05) is 12.1 Å². The molecule has 4 nitrogen and oxygen atoms in total. The van der Waals surface area contributed by atoms with Crippen molar-refractivity contribution in [2.24, 2.45) is 5.92 Å². The summed E-state index contributed by atoms with van der Waals surface area (Å²) in [6, 6.07) is 11.6. The molecule has 1 aliphatic heterocycles. The highest BCUT2D eigenvalue weighted by Crippen LogP contribution is 2.22. The minimum Gasteiger partial charge on any atom is -0.322 e. The molecule has 1 N–H and O–H groups in total. The molecule has 1 saturated heterocycles. The number of rotatable bonds is 5. The van der Waals surface area contributed by atoms with Crippen LogP contribution >= 0.6 is 0 Å². The normalized spacial score (nSPS) is 16.0. The van der Waals surface area contributed by atoms with Crippen LogP contribution in [-0.4, -0.2) is 35.9 Å². The fourth-order valence-electron chi connectivity index (χ4n) is 3.18. The number of anilines is 1. The van der Waals surface area contributed by atoms with Crippen LogP contribution in [0.4, 0.5) is 5.69 Å². The number of likely N-dealkylation sites (tertiary alicyclic amines) is 1. The van der Waals surface area contributed by atoms with Gasteiger partial charge in [0.1, 0.15) is 0 Å². The molecule has 0 saturated carbocycles. The van der Waals surface area contributed by atoms with Gasteiger partial charge in [0.2, 0.25) is 0 Å². The van der Waals surface area contributed by atoms with Crippen molar-refractivity contribution in [2.45, 2.75) is 25.7 Å². The van der Waals surface area contributed by atoms with Gasteiger partial charge in [-0.25, -0.2) is 0 Å². The highest BCUT2D eigenvalue weighted by atomic mass is 16.1. The van der Waals surface area contributed by atoms with Crippen LogP contribution in [0, 0.1) is 5.92 Å². The number of carbonyl (C=O) groups is 1. The molecule has 24 heavy (non-hydrogen) atoms. The summed E-state index contributed by atoms with van der Waals surface area (Å²) >= 11 is 0. The zero-order chi connectivity index (χ0) is 16.8. The average Bonchev–Trinajstić information content (AvgIpc) is 2.63. The van der Waals surface area contributed by atoms with Crippen molar-refractivity contribution < 1.29 is 4.79 Å². The van der Waals surface area contributed by atoms with E-state index in [-0.39, 0.29) is 5.91 Å². The minimum atomic E-state index is -0.100. The Morgan fingerprint density at radius 1 is 1.12 bits per heavy atom. The van der Waals surface area contributed by atoms with Gasteiger partial charge in [-0.15, -0.1) is 0 Å². The lowest BCUT2D eigenvalue weighted by Crippen LogP contribution is -2.30. The second-order valence-electron chi connectivity index (χ2n) is 6.67. The number of nitrogens with one attached hydrogen (secondary N) is 1.